The van der Waals surface area contributed by atoms with Crippen LogP contribution < -0.4 is 11.1 Å². The highest BCUT2D eigenvalue weighted by atomic mass is 35.5. The zero-order valence-corrected chi connectivity index (χ0v) is 13.6. The standard InChI is InChI=1S/C17H14ClF3N2O2/c18-13-4-2-1-3-12(13)16(25)23-14(15(22)24)9-10-5-7-11(8-6-10)17(19,20)21/h1-8,14H,9H2,(H2,22,24)(H,23,25)/t14-/m0/s1. The lowest BCUT2D eigenvalue weighted by molar-refractivity contribution is -0.137. The Kier molecular flexibility index (Phi) is 5.69. The molecule has 0 spiro atoms. The summed E-state index contributed by atoms with van der Waals surface area (Å²) < 4.78 is 37.7. The van der Waals surface area contributed by atoms with Gasteiger partial charge in [-0.2, -0.15) is 13.2 Å². The maximum absolute atomic E-state index is 12.6. The Bertz CT molecular complexity index is 776. The lowest BCUT2D eigenvalue weighted by Gasteiger charge is -2.16. The SMILES string of the molecule is NC(=O)[C@H](Cc1ccc(C(F)(F)F)cc1)NC(=O)c1ccccc1Cl. The third-order valence-corrected chi connectivity index (χ3v) is 3.82. The minimum absolute atomic E-state index is 0.0380. The normalized spacial score (nSPS) is 12.5. The molecule has 2 rings (SSSR count). The molecule has 0 unspecified atom stereocenters. The molecule has 0 aliphatic heterocycles. The van der Waals surface area contributed by atoms with Crippen molar-refractivity contribution in [2.24, 2.45) is 5.73 Å². The van der Waals surface area contributed by atoms with E-state index in [9.17, 15) is 22.8 Å². The molecule has 25 heavy (non-hydrogen) atoms. The molecule has 0 saturated heterocycles. The van der Waals surface area contributed by atoms with Gasteiger partial charge in [0.05, 0.1) is 16.1 Å². The molecule has 2 amide bonds. The monoisotopic (exact) mass is 370 g/mol. The van der Waals surface area contributed by atoms with Gasteiger partial charge in [-0.15, -0.1) is 0 Å². The van der Waals surface area contributed by atoms with Gasteiger partial charge in [-0.05, 0) is 29.8 Å². The second-order valence-corrected chi connectivity index (χ2v) is 5.71. The fraction of sp³-hybridized carbons (Fsp3) is 0.176. The van der Waals surface area contributed by atoms with E-state index in [0.29, 0.717) is 5.56 Å². The van der Waals surface area contributed by atoms with Crippen LogP contribution in [0.3, 0.4) is 0 Å². The molecule has 0 bridgehead atoms. The summed E-state index contributed by atoms with van der Waals surface area (Å²) in [6, 6.07) is 9.45. The number of primary amides is 1. The number of benzene rings is 2. The molecule has 3 N–H and O–H groups in total. The van der Waals surface area contributed by atoms with Crippen LogP contribution in [0.2, 0.25) is 5.02 Å². The Balaban J connectivity index is 2.12. The molecule has 2 aromatic rings. The Hall–Kier alpha value is -2.54. The number of hydrogen-bond acceptors (Lipinski definition) is 2. The van der Waals surface area contributed by atoms with Crippen molar-refractivity contribution in [2.75, 3.05) is 0 Å². The van der Waals surface area contributed by atoms with Crippen LogP contribution in [0.4, 0.5) is 13.2 Å². The summed E-state index contributed by atoms with van der Waals surface area (Å²) in [5.41, 5.74) is 5.08. The van der Waals surface area contributed by atoms with Gasteiger partial charge in [0, 0.05) is 6.42 Å². The Labute approximate surface area is 146 Å². The number of carbonyl (C=O) groups is 2. The van der Waals surface area contributed by atoms with Crippen LogP contribution in [0.1, 0.15) is 21.5 Å². The highest BCUT2D eigenvalue weighted by Gasteiger charge is 2.30. The van der Waals surface area contributed by atoms with Gasteiger partial charge in [0.1, 0.15) is 6.04 Å². The zero-order chi connectivity index (χ0) is 18.6. The number of amides is 2. The summed E-state index contributed by atoms with van der Waals surface area (Å²) >= 11 is 5.92. The summed E-state index contributed by atoms with van der Waals surface area (Å²) in [6.07, 6.45) is -4.48. The molecular formula is C17H14ClF3N2O2. The maximum atomic E-state index is 12.6. The number of nitrogens with two attached hydrogens (primary N) is 1. The maximum Gasteiger partial charge on any atom is 0.416 e. The molecule has 0 fully saturated rings. The topological polar surface area (TPSA) is 72.2 Å². The van der Waals surface area contributed by atoms with E-state index >= 15 is 0 Å². The molecule has 0 aliphatic rings. The number of rotatable bonds is 5. The number of nitrogens with one attached hydrogen (secondary N) is 1. The first-order valence-electron chi connectivity index (χ1n) is 7.19. The van der Waals surface area contributed by atoms with Gasteiger partial charge in [-0.1, -0.05) is 35.9 Å². The molecule has 8 heteroatoms. The first-order valence-corrected chi connectivity index (χ1v) is 7.57. The van der Waals surface area contributed by atoms with Crippen LogP contribution >= 0.6 is 11.6 Å². The van der Waals surface area contributed by atoms with Gasteiger partial charge in [-0.25, -0.2) is 0 Å². The zero-order valence-electron chi connectivity index (χ0n) is 12.8. The van der Waals surface area contributed by atoms with Crippen LogP contribution in [0.15, 0.2) is 48.5 Å². The number of hydrogen-bond donors (Lipinski definition) is 2. The van der Waals surface area contributed by atoms with E-state index in [-0.39, 0.29) is 17.0 Å². The molecule has 132 valence electrons. The van der Waals surface area contributed by atoms with Crippen LogP contribution in [0, 0.1) is 0 Å². The largest absolute Gasteiger partial charge is 0.416 e. The van der Waals surface area contributed by atoms with Crippen LogP contribution in [-0.2, 0) is 17.4 Å². The fourth-order valence-electron chi connectivity index (χ4n) is 2.17. The minimum atomic E-state index is -4.44. The van der Waals surface area contributed by atoms with E-state index < -0.39 is 29.6 Å². The third kappa shape index (κ3) is 4.96. The van der Waals surface area contributed by atoms with Gasteiger partial charge >= 0.3 is 6.18 Å². The van der Waals surface area contributed by atoms with E-state index in [1.165, 1.54) is 24.3 Å². The minimum Gasteiger partial charge on any atom is -0.368 e. The number of carbonyl (C=O) groups excluding carboxylic acids is 2. The lowest BCUT2D eigenvalue weighted by atomic mass is 10.0. The van der Waals surface area contributed by atoms with Crippen molar-refractivity contribution < 1.29 is 22.8 Å². The van der Waals surface area contributed by atoms with Crippen molar-refractivity contribution in [3.63, 3.8) is 0 Å². The number of halogens is 4. The summed E-state index contributed by atoms with van der Waals surface area (Å²) in [5, 5.41) is 2.65. The highest BCUT2D eigenvalue weighted by Crippen LogP contribution is 2.29. The first kappa shape index (κ1) is 18.8. The summed E-state index contributed by atoms with van der Waals surface area (Å²) in [6.45, 7) is 0. The fourth-order valence-corrected chi connectivity index (χ4v) is 2.39. The first-order chi connectivity index (χ1) is 11.7. The van der Waals surface area contributed by atoms with Crippen LogP contribution in [-0.4, -0.2) is 17.9 Å². The van der Waals surface area contributed by atoms with E-state index in [1.54, 1.807) is 12.1 Å². The summed E-state index contributed by atoms with van der Waals surface area (Å²) in [4.78, 5) is 23.8. The number of alkyl halides is 3. The summed E-state index contributed by atoms with van der Waals surface area (Å²) in [5.74, 6) is -1.40. The molecule has 0 heterocycles. The van der Waals surface area contributed by atoms with Gasteiger partial charge in [-0.3, -0.25) is 9.59 Å². The summed E-state index contributed by atoms with van der Waals surface area (Å²) in [7, 11) is 0. The van der Waals surface area contributed by atoms with Crippen LogP contribution in [0.25, 0.3) is 0 Å². The van der Waals surface area contributed by atoms with Crippen molar-refractivity contribution in [2.45, 2.75) is 18.6 Å². The quantitative estimate of drug-likeness (QED) is 0.848. The molecule has 0 radical (unpaired) electrons. The van der Waals surface area contributed by atoms with Crippen molar-refractivity contribution in [1.82, 2.24) is 5.32 Å². The third-order valence-electron chi connectivity index (χ3n) is 3.49. The molecule has 1 atom stereocenters. The predicted molar refractivity (Wildman–Crippen MR) is 87.0 cm³/mol. The van der Waals surface area contributed by atoms with E-state index in [2.05, 4.69) is 5.32 Å². The van der Waals surface area contributed by atoms with Crippen molar-refractivity contribution in [3.8, 4) is 0 Å². The Morgan fingerprint density at radius 1 is 1.08 bits per heavy atom. The second kappa shape index (κ2) is 7.57. The van der Waals surface area contributed by atoms with Crippen molar-refractivity contribution in [1.29, 1.82) is 0 Å². The van der Waals surface area contributed by atoms with Gasteiger partial charge < -0.3 is 11.1 Å². The molecule has 0 aliphatic carbocycles. The molecule has 0 saturated carbocycles. The molecule has 2 aromatic carbocycles. The molecule has 0 aromatic heterocycles. The molecular weight excluding hydrogens is 357 g/mol. The Morgan fingerprint density at radius 3 is 2.20 bits per heavy atom. The van der Waals surface area contributed by atoms with Gasteiger partial charge in [0.15, 0.2) is 0 Å². The smallest absolute Gasteiger partial charge is 0.368 e. The van der Waals surface area contributed by atoms with E-state index in [4.69, 9.17) is 17.3 Å². The predicted octanol–water partition coefficient (Wildman–Crippen LogP) is 3.19. The second-order valence-electron chi connectivity index (χ2n) is 5.31. The van der Waals surface area contributed by atoms with Crippen molar-refractivity contribution >= 4 is 23.4 Å². The molecule has 4 nitrogen and oxygen atoms in total. The lowest BCUT2D eigenvalue weighted by Crippen LogP contribution is -2.45. The van der Waals surface area contributed by atoms with Crippen molar-refractivity contribution in [3.05, 3.63) is 70.2 Å². The van der Waals surface area contributed by atoms with Gasteiger partial charge in [0.25, 0.3) is 5.91 Å². The van der Waals surface area contributed by atoms with E-state index in [1.807, 2.05) is 0 Å². The van der Waals surface area contributed by atoms with E-state index in [0.717, 1.165) is 12.1 Å². The van der Waals surface area contributed by atoms with Gasteiger partial charge in [0.2, 0.25) is 5.91 Å². The van der Waals surface area contributed by atoms with Crippen LogP contribution in [0.5, 0.6) is 0 Å². The average molecular weight is 371 g/mol. The Morgan fingerprint density at radius 2 is 1.68 bits per heavy atom. The average Bonchev–Trinajstić information content (AvgIpc) is 2.54. The highest BCUT2D eigenvalue weighted by molar-refractivity contribution is 6.33.